The van der Waals surface area contributed by atoms with Gasteiger partial charge >= 0.3 is 0 Å². The highest BCUT2D eigenvalue weighted by Crippen LogP contribution is 2.34. The van der Waals surface area contributed by atoms with Gasteiger partial charge in [-0.3, -0.25) is 14.2 Å². The molecule has 0 aliphatic rings. The Kier molecular flexibility index (Phi) is 7.01. The first-order valence-corrected chi connectivity index (χ1v) is 10.6. The van der Waals surface area contributed by atoms with Crippen LogP contribution in [0.2, 0.25) is 25.1 Å². The second-order valence-corrected chi connectivity index (χ2v) is 8.46. The topological polar surface area (TPSA) is 51.2 Å². The molecule has 9 heteroatoms. The van der Waals surface area contributed by atoms with Gasteiger partial charge in [0.2, 0.25) is 0 Å². The molecule has 0 N–H and O–H groups in total. The molecule has 3 nitrogen and oxygen atoms in total. The highest BCUT2D eigenvalue weighted by molar-refractivity contribution is 7.34. The zero-order chi connectivity index (χ0) is 21.3. The third kappa shape index (κ3) is 4.22. The molecule has 0 saturated heterocycles. The van der Waals surface area contributed by atoms with Crippen LogP contribution in [0.4, 0.5) is 0 Å². The zero-order valence-corrected chi connectivity index (χ0v) is 18.9. The molecule has 0 aliphatic carbocycles. The van der Waals surface area contributed by atoms with Gasteiger partial charge in [-0.2, -0.15) is 0 Å². The lowest BCUT2D eigenvalue weighted by molar-refractivity contribution is 0.100. The van der Waals surface area contributed by atoms with E-state index in [1.807, 2.05) is 0 Å². The molecule has 0 fully saturated rings. The number of hydrogen-bond donors (Lipinski definition) is 0. The van der Waals surface area contributed by atoms with Crippen molar-refractivity contribution < 1.29 is 14.2 Å². The third-order valence-electron chi connectivity index (χ3n) is 4.06. The number of hydrogen-bond acceptors (Lipinski definition) is 3. The summed E-state index contributed by atoms with van der Waals surface area (Å²) < 4.78 is 11.8. The molecule has 0 saturated carbocycles. The van der Waals surface area contributed by atoms with E-state index in [9.17, 15) is 14.2 Å². The van der Waals surface area contributed by atoms with Gasteiger partial charge in [0.1, 0.15) is 0 Å². The van der Waals surface area contributed by atoms with E-state index >= 15 is 0 Å². The summed E-state index contributed by atoms with van der Waals surface area (Å²) in [7, 11) is -0.498. The monoisotopic (exact) mass is 502 g/mol. The summed E-state index contributed by atoms with van der Waals surface area (Å²) >= 11 is 30.9. The summed E-state index contributed by atoms with van der Waals surface area (Å²) in [5, 5.41) is 0.317. The fourth-order valence-corrected chi connectivity index (χ4v) is 4.60. The molecule has 0 amide bonds. The molecule has 3 aromatic rings. The van der Waals surface area contributed by atoms with E-state index in [4.69, 9.17) is 58.0 Å². The Morgan fingerprint density at radius 2 is 0.931 bits per heavy atom. The minimum Gasteiger partial charge on any atom is -0.288 e. The molecular weight excluding hydrogens is 496 g/mol. The van der Waals surface area contributed by atoms with Gasteiger partial charge in [0.25, 0.3) is 0 Å². The highest BCUT2D eigenvalue weighted by atomic mass is 35.5. The molecule has 0 unspecified atom stereocenters. The molecular formula is C20H8Cl5O3P. The zero-order valence-electron chi connectivity index (χ0n) is 14.2. The third-order valence-corrected chi connectivity index (χ3v) is 6.21. The second-order valence-electron chi connectivity index (χ2n) is 5.76. The van der Waals surface area contributed by atoms with Crippen LogP contribution in [0.1, 0.15) is 31.8 Å². The van der Waals surface area contributed by atoms with Crippen molar-refractivity contribution in [3.63, 3.8) is 0 Å². The van der Waals surface area contributed by atoms with Gasteiger partial charge in [0, 0.05) is 0 Å². The maximum atomic E-state index is 13.4. The molecule has 0 aliphatic heterocycles. The van der Waals surface area contributed by atoms with Crippen LogP contribution in [0.15, 0.2) is 48.5 Å². The summed E-state index contributed by atoms with van der Waals surface area (Å²) in [6.07, 6.45) is 0. The first-order valence-electron chi connectivity index (χ1n) is 7.91. The van der Waals surface area contributed by atoms with E-state index in [2.05, 4.69) is 0 Å². The lowest BCUT2D eigenvalue weighted by Crippen LogP contribution is -2.20. The molecule has 29 heavy (non-hydrogen) atoms. The van der Waals surface area contributed by atoms with Crippen LogP contribution in [-0.4, -0.2) is 11.6 Å². The molecule has 0 radical (unpaired) electrons. The highest BCUT2D eigenvalue weighted by Gasteiger charge is 2.30. The smallest absolute Gasteiger partial charge is 0.198 e. The van der Waals surface area contributed by atoms with Gasteiger partial charge in [0.05, 0.1) is 52.7 Å². The Balaban J connectivity index is 2.34. The first kappa shape index (κ1) is 22.2. The van der Waals surface area contributed by atoms with Crippen molar-refractivity contribution in [1.82, 2.24) is 0 Å². The molecule has 0 heterocycles. The average molecular weight is 505 g/mol. The van der Waals surface area contributed by atoms with Crippen molar-refractivity contribution in [3.8, 4) is 0 Å². The van der Waals surface area contributed by atoms with Gasteiger partial charge in [0.15, 0.2) is 20.0 Å². The Hall–Kier alpha value is -1.45. The van der Waals surface area contributed by atoms with Crippen LogP contribution in [-0.2, 0) is 4.57 Å². The van der Waals surface area contributed by atoms with E-state index < -0.39 is 20.0 Å². The Labute approximate surface area is 192 Å². The number of rotatable bonds is 5. The molecule has 0 bridgehead atoms. The quantitative estimate of drug-likeness (QED) is 0.270. The van der Waals surface area contributed by atoms with Gasteiger partial charge in [-0.1, -0.05) is 70.1 Å². The number of halogens is 5. The molecule has 0 atom stereocenters. The molecule has 0 spiro atoms. The van der Waals surface area contributed by atoms with E-state index in [0.717, 1.165) is 0 Å². The molecule has 3 aromatic carbocycles. The Morgan fingerprint density at radius 3 is 1.34 bits per heavy atom. The summed E-state index contributed by atoms with van der Waals surface area (Å²) in [5.41, 5.74) is -0.451. The van der Waals surface area contributed by atoms with Crippen LogP contribution in [0.3, 0.4) is 0 Å². The normalized spacial score (nSPS) is 10.9. The lowest BCUT2D eigenvalue weighted by Gasteiger charge is -2.15. The maximum Gasteiger partial charge on any atom is 0.198 e. The summed E-state index contributed by atoms with van der Waals surface area (Å²) in [4.78, 5) is 26.7. The van der Waals surface area contributed by atoms with E-state index in [-0.39, 0.29) is 52.7 Å². The second kappa shape index (κ2) is 9.14. The van der Waals surface area contributed by atoms with E-state index in [0.29, 0.717) is 0 Å². The summed E-state index contributed by atoms with van der Waals surface area (Å²) in [6.45, 7) is 0. The predicted molar refractivity (Wildman–Crippen MR) is 118 cm³/mol. The van der Waals surface area contributed by atoms with Crippen LogP contribution < -0.4 is 5.30 Å². The predicted octanol–water partition coefficient (Wildman–Crippen LogP) is 7.33. The van der Waals surface area contributed by atoms with Crippen molar-refractivity contribution in [1.29, 1.82) is 0 Å². The van der Waals surface area contributed by atoms with Crippen LogP contribution in [0, 0.1) is 0 Å². The molecule has 0 aromatic heterocycles. The van der Waals surface area contributed by atoms with Crippen LogP contribution in [0.25, 0.3) is 0 Å². The minimum atomic E-state index is -0.701. The number of carbonyl (C=O) groups is 2. The van der Waals surface area contributed by atoms with Crippen molar-refractivity contribution in [3.05, 3.63) is 95.9 Å². The minimum absolute atomic E-state index is 0.0308. The van der Waals surface area contributed by atoms with Gasteiger partial charge in [-0.15, -0.1) is 0 Å². The van der Waals surface area contributed by atoms with Gasteiger partial charge in [-0.05, 0) is 36.4 Å². The average Bonchev–Trinajstić information content (AvgIpc) is 2.67. The maximum absolute atomic E-state index is 13.4. The standard InChI is InChI=1S/C20H8Cl5O3P/c21-9-3-1-4-10(22)15(9)19(26)17-13(25)7-8-14(29-28)18(17)20(27)16-11(23)5-2-6-12(16)24/h1-8H. The van der Waals surface area contributed by atoms with Gasteiger partial charge in [-0.25, -0.2) is 0 Å². The van der Waals surface area contributed by atoms with Crippen LogP contribution in [0.5, 0.6) is 0 Å². The number of carbonyl (C=O) groups excluding carboxylic acids is 2. The van der Waals surface area contributed by atoms with E-state index in [1.54, 1.807) is 12.1 Å². The van der Waals surface area contributed by atoms with E-state index in [1.165, 1.54) is 36.4 Å². The fourth-order valence-electron chi connectivity index (χ4n) is 2.77. The summed E-state index contributed by atoms with van der Waals surface area (Å²) in [6, 6.07) is 11.8. The molecule has 3 rings (SSSR count). The van der Waals surface area contributed by atoms with Crippen molar-refractivity contribution in [2.75, 3.05) is 0 Å². The fraction of sp³-hybridized carbons (Fsp3) is 0. The Morgan fingerprint density at radius 1 is 0.552 bits per heavy atom. The first-order chi connectivity index (χ1) is 13.8. The van der Waals surface area contributed by atoms with Crippen molar-refractivity contribution >= 4 is 83.3 Å². The van der Waals surface area contributed by atoms with Crippen molar-refractivity contribution in [2.45, 2.75) is 0 Å². The van der Waals surface area contributed by atoms with Gasteiger partial charge < -0.3 is 0 Å². The van der Waals surface area contributed by atoms with Crippen molar-refractivity contribution in [2.24, 2.45) is 0 Å². The number of ketones is 2. The molecule has 146 valence electrons. The lowest BCUT2D eigenvalue weighted by atomic mass is 9.93. The SMILES string of the molecule is O=Pc1ccc(Cl)c(C(=O)c2c(Cl)cccc2Cl)c1C(=O)c1c(Cl)cccc1Cl. The largest absolute Gasteiger partial charge is 0.288 e. The number of benzene rings is 3. The van der Waals surface area contributed by atoms with Crippen LogP contribution >= 0.6 is 66.5 Å². The summed E-state index contributed by atoms with van der Waals surface area (Å²) in [5.74, 6) is -1.39. The Bertz CT molecular complexity index is 1140.